The standard InChI is InChI=1S/C16H12N6O2/c23-15(13-9-17-5-7-19-13)21-11-3-1-2-4-12(11)22-16(24)14-10-18-6-8-20-14/h1-10H,(H,21,23)(H,22,24). The normalized spacial score (nSPS) is 10.0. The summed E-state index contributed by atoms with van der Waals surface area (Å²) >= 11 is 0. The van der Waals surface area contributed by atoms with Crippen LogP contribution >= 0.6 is 0 Å². The van der Waals surface area contributed by atoms with Gasteiger partial charge in [0.1, 0.15) is 11.4 Å². The van der Waals surface area contributed by atoms with Gasteiger partial charge in [0.2, 0.25) is 0 Å². The Kier molecular flexibility index (Phi) is 4.47. The molecule has 2 heterocycles. The van der Waals surface area contributed by atoms with Crippen LogP contribution in [0.2, 0.25) is 0 Å². The minimum atomic E-state index is -0.427. The van der Waals surface area contributed by atoms with Crippen LogP contribution < -0.4 is 10.6 Å². The number of hydrogen-bond acceptors (Lipinski definition) is 6. The molecule has 1 aromatic carbocycles. The van der Waals surface area contributed by atoms with Gasteiger partial charge in [0.05, 0.1) is 23.8 Å². The molecule has 0 bridgehead atoms. The van der Waals surface area contributed by atoms with E-state index in [9.17, 15) is 9.59 Å². The minimum absolute atomic E-state index is 0.174. The van der Waals surface area contributed by atoms with Gasteiger partial charge in [-0.3, -0.25) is 19.6 Å². The van der Waals surface area contributed by atoms with Crippen molar-refractivity contribution >= 4 is 23.2 Å². The molecule has 118 valence electrons. The van der Waals surface area contributed by atoms with E-state index < -0.39 is 11.8 Å². The number of hydrogen-bond donors (Lipinski definition) is 2. The van der Waals surface area contributed by atoms with E-state index in [0.717, 1.165) is 0 Å². The highest BCUT2D eigenvalue weighted by atomic mass is 16.2. The van der Waals surface area contributed by atoms with Gasteiger partial charge in [-0.15, -0.1) is 0 Å². The number of benzene rings is 1. The largest absolute Gasteiger partial charge is 0.319 e. The van der Waals surface area contributed by atoms with Gasteiger partial charge in [-0.05, 0) is 12.1 Å². The maximum atomic E-state index is 12.2. The fourth-order valence-electron chi connectivity index (χ4n) is 1.91. The molecule has 0 atom stereocenters. The summed E-state index contributed by atoms with van der Waals surface area (Å²) in [4.78, 5) is 39.9. The first-order valence-corrected chi connectivity index (χ1v) is 6.98. The maximum Gasteiger partial charge on any atom is 0.275 e. The summed E-state index contributed by atoms with van der Waals surface area (Å²) in [5, 5.41) is 5.38. The lowest BCUT2D eigenvalue weighted by atomic mass is 10.2. The summed E-state index contributed by atoms with van der Waals surface area (Å²) in [6, 6.07) is 6.82. The summed E-state index contributed by atoms with van der Waals surface area (Å²) < 4.78 is 0. The first-order chi connectivity index (χ1) is 11.7. The zero-order valence-corrected chi connectivity index (χ0v) is 12.4. The van der Waals surface area contributed by atoms with Crippen molar-refractivity contribution in [1.82, 2.24) is 19.9 Å². The lowest BCUT2D eigenvalue weighted by Crippen LogP contribution is -2.18. The van der Waals surface area contributed by atoms with Crippen LogP contribution in [0.5, 0.6) is 0 Å². The molecule has 8 heteroatoms. The summed E-state index contributed by atoms with van der Waals surface area (Å²) in [7, 11) is 0. The van der Waals surface area contributed by atoms with Crippen molar-refractivity contribution in [2.75, 3.05) is 10.6 Å². The second-order valence-electron chi connectivity index (χ2n) is 4.64. The van der Waals surface area contributed by atoms with Gasteiger partial charge >= 0.3 is 0 Å². The highest BCUT2D eigenvalue weighted by Gasteiger charge is 2.13. The number of aromatic nitrogens is 4. The number of rotatable bonds is 4. The van der Waals surface area contributed by atoms with E-state index in [-0.39, 0.29) is 11.4 Å². The van der Waals surface area contributed by atoms with E-state index in [2.05, 4.69) is 30.6 Å². The lowest BCUT2D eigenvalue weighted by molar-refractivity contribution is 0.101. The number of nitrogens with zero attached hydrogens (tertiary/aromatic N) is 4. The maximum absolute atomic E-state index is 12.2. The van der Waals surface area contributed by atoms with Crippen LogP contribution in [0.4, 0.5) is 11.4 Å². The number of nitrogens with one attached hydrogen (secondary N) is 2. The SMILES string of the molecule is O=C(Nc1ccccc1NC(=O)c1cnccn1)c1cnccn1. The number of anilines is 2. The summed E-state index contributed by atoms with van der Waals surface area (Å²) in [5.41, 5.74) is 1.22. The Bertz CT molecular complexity index is 782. The molecular weight excluding hydrogens is 308 g/mol. The van der Waals surface area contributed by atoms with Gasteiger partial charge in [0.25, 0.3) is 11.8 Å². The monoisotopic (exact) mass is 320 g/mol. The van der Waals surface area contributed by atoms with Crippen molar-refractivity contribution in [3.05, 3.63) is 72.8 Å². The average molecular weight is 320 g/mol. The molecule has 0 saturated heterocycles. The van der Waals surface area contributed by atoms with Gasteiger partial charge in [-0.1, -0.05) is 12.1 Å². The van der Waals surface area contributed by atoms with Crippen LogP contribution in [-0.4, -0.2) is 31.8 Å². The highest BCUT2D eigenvalue weighted by molar-refractivity contribution is 6.08. The van der Waals surface area contributed by atoms with Crippen LogP contribution in [0.25, 0.3) is 0 Å². The van der Waals surface area contributed by atoms with Gasteiger partial charge < -0.3 is 10.6 Å². The van der Waals surface area contributed by atoms with Gasteiger partial charge in [0.15, 0.2) is 0 Å². The average Bonchev–Trinajstić information content (AvgIpc) is 2.64. The zero-order chi connectivity index (χ0) is 16.8. The lowest BCUT2D eigenvalue weighted by Gasteiger charge is -2.11. The third kappa shape index (κ3) is 3.55. The van der Waals surface area contributed by atoms with E-state index in [1.807, 2.05) is 0 Å². The molecule has 0 saturated carbocycles. The minimum Gasteiger partial charge on any atom is -0.319 e. The molecule has 3 aromatic rings. The van der Waals surface area contributed by atoms with Crippen LogP contribution in [0.1, 0.15) is 21.0 Å². The Labute approximate surface area is 137 Å². The Hall–Kier alpha value is -3.68. The fraction of sp³-hybridized carbons (Fsp3) is 0. The third-order valence-corrected chi connectivity index (χ3v) is 3.02. The molecule has 8 nitrogen and oxygen atoms in total. The van der Waals surface area contributed by atoms with Crippen LogP contribution in [0.15, 0.2) is 61.4 Å². The number of carbonyl (C=O) groups excluding carboxylic acids is 2. The van der Waals surface area contributed by atoms with E-state index in [1.165, 1.54) is 37.2 Å². The molecule has 3 rings (SSSR count). The molecule has 0 aliphatic heterocycles. The van der Waals surface area contributed by atoms with Crippen molar-refractivity contribution in [1.29, 1.82) is 0 Å². The predicted octanol–water partition coefficient (Wildman–Crippen LogP) is 1.77. The molecule has 0 spiro atoms. The Balaban J connectivity index is 1.78. The van der Waals surface area contributed by atoms with Crippen LogP contribution in [-0.2, 0) is 0 Å². The fourth-order valence-corrected chi connectivity index (χ4v) is 1.91. The van der Waals surface area contributed by atoms with E-state index in [4.69, 9.17) is 0 Å². The van der Waals surface area contributed by atoms with Crippen molar-refractivity contribution in [2.24, 2.45) is 0 Å². The number of carbonyl (C=O) groups is 2. The highest BCUT2D eigenvalue weighted by Crippen LogP contribution is 2.22. The molecular formula is C16H12N6O2. The molecule has 0 radical (unpaired) electrons. The number of para-hydroxylation sites is 2. The summed E-state index contributed by atoms with van der Waals surface area (Å²) in [6.45, 7) is 0. The van der Waals surface area contributed by atoms with Crippen molar-refractivity contribution in [3.8, 4) is 0 Å². The van der Waals surface area contributed by atoms with E-state index in [0.29, 0.717) is 11.4 Å². The molecule has 2 aromatic heterocycles. The summed E-state index contributed by atoms with van der Waals surface area (Å²) in [6.07, 6.45) is 8.52. The predicted molar refractivity (Wildman–Crippen MR) is 86.4 cm³/mol. The molecule has 0 unspecified atom stereocenters. The summed E-state index contributed by atoms with van der Waals surface area (Å²) in [5.74, 6) is -0.853. The molecule has 2 amide bonds. The van der Waals surface area contributed by atoms with Crippen molar-refractivity contribution in [3.63, 3.8) is 0 Å². The second-order valence-corrected chi connectivity index (χ2v) is 4.64. The van der Waals surface area contributed by atoms with E-state index >= 15 is 0 Å². The third-order valence-electron chi connectivity index (χ3n) is 3.02. The Morgan fingerprint density at radius 2 is 1.17 bits per heavy atom. The Morgan fingerprint density at radius 3 is 1.54 bits per heavy atom. The first-order valence-electron chi connectivity index (χ1n) is 6.98. The van der Waals surface area contributed by atoms with Crippen molar-refractivity contribution < 1.29 is 9.59 Å². The molecule has 0 aliphatic rings. The zero-order valence-electron chi connectivity index (χ0n) is 12.4. The molecule has 2 N–H and O–H groups in total. The van der Waals surface area contributed by atoms with Crippen LogP contribution in [0, 0.1) is 0 Å². The first kappa shape index (κ1) is 15.2. The van der Waals surface area contributed by atoms with E-state index in [1.54, 1.807) is 24.3 Å². The quantitative estimate of drug-likeness (QED) is 0.758. The number of amides is 2. The Morgan fingerprint density at radius 1 is 0.708 bits per heavy atom. The second kappa shape index (κ2) is 7.05. The molecule has 0 aliphatic carbocycles. The topological polar surface area (TPSA) is 110 Å². The molecule has 0 fully saturated rings. The van der Waals surface area contributed by atoms with Gasteiger partial charge in [-0.2, -0.15) is 0 Å². The molecule has 24 heavy (non-hydrogen) atoms. The van der Waals surface area contributed by atoms with Gasteiger partial charge in [-0.25, -0.2) is 9.97 Å². The smallest absolute Gasteiger partial charge is 0.275 e. The van der Waals surface area contributed by atoms with Crippen molar-refractivity contribution in [2.45, 2.75) is 0 Å². The van der Waals surface area contributed by atoms with Crippen LogP contribution in [0.3, 0.4) is 0 Å². The van der Waals surface area contributed by atoms with Gasteiger partial charge in [0, 0.05) is 24.8 Å².